The van der Waals surface area contributed by atoms with Crippen molar-refractivity contribution in [1.82, 2.24) is 15.0 Å². The van der Waals surface area contributed by atoms with Gasteiger partial charge in [0, 0.05) is 35.7 Å². The number of hydrogen-bond acceptors (Lipinski definition) is 2. The molecule has 0 unspecified atom stereocenters. The molecule has 3 rings (SSSR count). The molecule has 1 aliphatic rings. The third-order valence-corrected chi connectivity index (χ3v) is 4.79. The van der Waals surface area contributed by atoms with Crippen LogP contribution in [-0.2, 0) is 0 Å². The van der Waals surface area contributed by atoms with Gasteiger partial charge in [-0.25, -0.2) is 5.01 Å². The van der Waals surface area contributed by atoms with Gasteiger partial charge in [-0.2, -0.15) is 0 Å². The van der Waals surface area contributed by atoms with E-state index in [9.17, 15) is 4.79 Å². The molecule has 5 heteroatoms. The summed E-state index contributed by atoms with van der Waals surface area (Å²) < 4.78 is 2.00. The second kappa shape index (κ2) is 6.77. The van der Waals surface area contributed by atoms with Crippen LogP contribution in [0.1, 0.15) is 35.8 Å². The van der Waals surface area contributed by atoms with Gasteiger partial charge in [0.15, 0.2) is 0 Å². The molecule has 1 aromatic heterocycles. The topological polar surface area (TPSA) is 37.3 Å². The number of halogens is 1. The number of carbonyl (C=O) groups is 1. The fourth-order valence-corrected chi connectivity index (χ4v) is 3.08. The van der Waals surface area contributed by atoms with Crippen LogP contribution in [0, 0.1) is 12.8 Å². The molecule has 0 atom stereocenters. The van der Waals surface area contributed by atoms with Gasteiger partial charge in [0.1, 0.15) is 0 Å². The Balaban J connectivity index is 1.73. The summed E-state index contributed by atoms with van der Waals surface area (Å²) in [5.74, 6) is 0.709. The number of aromatic nitrogens is 1. The number of piperidine rings is 1. The molecule has 23 heavy (non-hydrogen) atoms. The van der Waals surface area contributed by atoms with Crippen molar-refractivity contribution in [1.29, 1.82) is 0 Å². The van der Waals surface area contributed by atoms with Crippen LogP contribution in [0.2, 0.25) is 5.02 Å². The van der Waals surface area contributed by atoms with Gasteiger partial charge in [0.2, 0.25) is 0 Å². The maximum absolute atomic E-state index is 12.5. The molecule has 0 saturated carbocycles. The highest BCUT2D eigenvalue weighted by molar-refractivity contribution is 6.30. The highest BCUT2D eigenvalue weighted by Crippen LogP contribution is 2.19. The smallest absolute Gasteiger partial charge is 0.267 e. The lowest BCUT2D eigenvalue weighted by Crippen LogP contribution is -2.46. The number of hydrazine groups is 1. The van der Waals surface area contributed by atoms with Gasteiger partial charge in [-0.3, -0.25) is 10.2 Å². The van der Waals surface area contributed by atoms with Crippen molar-refractivity contribution in [2.45, 2.75) is 26.7 Å². The minimum Gasteiger partial charge on any atom is -0.320 e. The van der Waals surface area contributed by atoms with E-state index in [1.54, 1.807) is 0 Å². The first-order valence-corrected chi connectivity index (χ1v) is 8.42. The molecule has 1 fully saturated rings. The summed E-state index contributed by atoms with van der Waals surface area (Å²) in [5.41, 5.74) is 5.66. The minimum absolute atomic E-state index is 0.0373. The molecule has 122 valence electrons. The Morgan fingerprint density at radius 2 is 1.83 bits per heavy atom. The van der Waals surface area contributed by atoms with Crippen LogP contribution in [0.5, 0.6) is 0 Å². The Hall–Kier alpha value is -1.78. The van der Waals surface area contributed by atoms with E-state index in [0.717, 1.165) is 43.2 Å². The Labute approximate surface area is 142 Å². The maximum Gasteiger partial charge on any atom is 0.267 e. The molecule has 1 aromatic carbocycles. The molecule has 1 amide bonds. The molecule has 1 saturated heterocycles. The van der Waals surface area contributed by atoms with Crippen LogP contribution in [0.3, 0.4) is 0 Å². The number of benzene rings is 1. The minimum atomic E-state index is -0.0373. The molecule has 0 aliphatic carbocycles. The highest BCUT2D eigenvalue weighted by atomic mass is 35.5. The van der Waals surface area contributed by atoms with Crippen molar-refractivity contribution in [3.63, 3.8) is 0 Å². The first-order valence-electron chi connectivity index (χ1n) is 8.04. The summed E-state index contributed by atoms with van der Waals surface area (Å²) in [7, 11) is 0. The molecule has 0 spiro atoms. The highest BCUT2D eigenvalue weighted by Gasteiger charge is 2.20. The van der Waals surface area contributed by atoms with Crippen molar-refractivity contribution >= 4 is 17.5 Å². The van der Waals surface area contributed by atoms with E-state index in [4.69, 9.17) is 11.6 Å². The summed E-state index contributed by atoms with van der Waals surface area (Å²) in [6.07, 6.45) is 4.18. The van der Waals surface area contributed by atoms with Gasteiger partial charge >= 0.3 is 0 Å². The summed E-state index contributed by atoms with van der Waals surface area (Å²) >= 11 is 5.93. The number of hydrogen-bond donors (Lipinski definition) is 1. The SMILES string of the molecule is Cc1c(C(=O)NN2CCC(C)CC2)ccn1-c1ccc(Cl)cc1. The number of nitrogens with zero attached hydrogens (tertiary/aromatic N) is 2. The number of rotatable bonds is 3. The monoisotopic (exact) mass is 331 g/mol. The molecule has 0 bridgehead atoms. The molecule has 2 aromatic rings. The zero-order valence-corrected chi connectivity index (χ0v) is 14.3. The zero-order valence-electron chi connectivity index (χ0n) is 13.6. The summed E-state index contributed by atoms with van der Waals surface area (Å²) in [5, 5.41) is 2.73. The van der Waals surface area contributed by atoms with Gasteiger partial charge in [-0.15, -0.1) is 0 Å². The van der Waals surface area contributed by atoms with Crippen molar-refractivity contribution in [2.75, 3.05) is 13.1 Å². The lowest BCUT2D eigenvalue weighted by Gasteiger charge is -2.30. The lowest BCUT2D eigenvalue weighted by atomic mass is 10.0. The molecule has 1 N–H and O–H groups in total. The van der Waals surface area contributed by atoms with Gasteiger partial charge < -0.3 is 4.57 Å². The van der Waals surface area contributed by atoms with E-state index in [1.165, 1.54) is 0 Å². The van der Waals surface area contributed by atoms with E-state index in [-0.39, 0.29) is 5.91 Å². The molecular formula is C18H22ClN3O. The van der Waals surface area contributed by atoms with E-state index >= 15 is 0 Å². The fourth-order valence-electron chi connectivity index (χ4n) is 2.96. The second-order valence-corrected chi connectivity index (χ2v) is 6.71. The molecule has 1 aliphatic heterocycles. The third-order valence-electron chi connectivity index (χ3n) is 4.53. The van der Waals surface area contributed by atoms with Gasteiger partial charge in [0.05, 0.1) is 5.56 Å². The van der Waals surface area contributed by atoms with Gasteiger partial charge in [-0.1, -0.05) is 18.5 Å². The summed E-state index contributed by atoms with van der Waals surface area (Å²) in [6, 6.07) is 9.47. The summed E-state index contributed by atoms with van der Waals surface area (Å²) in [6.45, 7) is 6.06. The predicted octanol–water partition coefficient (Wildman–Crippen LogP) is 3.82. The first kappa shape index (κ1) is 16.1. The molecule has 2 heterocycles. The van der Waals surface area contributed by atoms with E-state index in [2.05, 4.69) is 12.3 Å². The summed E-state index contributed by atoms with van der Waals surface area (Å²) in [4.78, 5) is 12.5. The van der Waals surface area contributed by atoms with E-state index < -0.39 is 0 Å². The average Bonchev–Trinajstić information content (AvgIpc) is 2.92. The lowest BCUT2D eigenvalue weighted by molar-refractivity contribution is 0.0711. The van der Waals surface area contributed by atoms with Crippen LogP contribution in [-0.4, -0.2) is 28.6 Å². The maximum atomic E-state index is 12.5. The van der Waals surface area contributed by atoms with Crippen LogP contribution in [0.25, 0.3) is 5.69 Å². The largest absolute Gasteiger partial charge is 0.320 e. The van der Waals surface area contributed by atoms with Crippen molar-refractivity contribution in [2.24, 2.45) is 5.92 Å². The van der Waals surface area contributed by atoms with Crippen molar-refractivity contribution < 1.29 is 4.79 Å². The zero-order chi connectivity index (χ0) is 16.4. The number of carbonyl (C=O) groups excluding carboxylic acids is 1. The normalized spacial score (nSPS) is 16.5. The third kappa shape index (κ3) is 3.59. The van der Waals surface area contributed by atoms with E-state index in [1.807, 2.05) is 53.0 Å². The Morgan fingerprint density at radius 3 is 2.48 bits per heavy atom. The Kier molecular flexibility index (Phi) is 4.74. The van der Waals surface area contributed by atoms with Crippen LogP contribution < -0.4 is 5.43 Å². The second-order valence-electron chi connectivity index (χ2n) is 6.27. The van der Waals surface area contributed by atoms with Gasteiger partial charge in [0.25, 0.3) is 5.91 Å². The average molecular weight is 332 g/mol. The number of nitrogens with one attached hydrogen (secondary N) is 1. The van der Waals surface area contributed by atoms with Crippen molar-refractivity contribution in [3.05, 3.63) is 52.8 Å². The fraction of sp³-hybridized carbons (Fsp3) is 0.389. The standard InChI is InChI=1S/C18H22ClN3O/c1-13-7-10-21(11-8-13)20-18(23)17-9-12-22(14(17)2)16-5-3-15(19)4-6-16/h3-6,9,12-13H,7-8,10-11H2,1-2H3,(H,20,23). The first-order chi connectivity index (χ1) is 11.0. The van der Waals surface area contributed by atoms with Gasteiger partial charge in [-0.05, 0) is 56.0 Å². The number of amides is 1. The van der Waals surface area contributed by atoms with Crippen molar-refractivity contribution in [3.8, 4) is 5.69 Å². The Bertz CT molecular complexity index is 685. The van der Waals surface area contributed by atoms with Crippen LogP contribution >= 0.6 is 11.6 Å². The molecular weight excluding hydrogens is 310 g/mol. The van der Waals surface area contributed by atoms with Crippen LogP contribution in [0.15, 0.2) is 36.5 Å². The van der Waals surface area contributed by atoms with Crippen LogP contribution in [0.4, 0.5) is 0 Å². The Morgan fingerprint density at radius 1 is 1.17 bits per heavy atom. The molecule has 4 nitrogen and oxygen atoms in total. The quantitative estimate of drug-likeness (QED) is 0.928. The molecule has 0 radical (unpaired) electrons. The predicted molar refractivity (Wildman–Crippen MR) is 93.0 cm³/mol. The van der Waals surface area contributed by atoms with E-state index in [0.29, 0.717) is 10.6 Å².